The van der Waals surface area contributed by atoms with Crippen LogP contribution in [-0.2, 0) is 4.79 Å². The van der Waals surface area contributed by atoms with Crippen molar-refractivity contribution in [2.45, 2.75) is 6.92 Å². The lowest BCUT2D eigenvalue weighted by Gasteiger charge is -2.22. The third kappa shape index (κ3) is 2.91. The number of hydrogen-bond donors (Lipinski definition) is 1. The zero-order valence-corrected chi connectivity index (χ0v) is 11.7. The van der Waals surface area contributed by atoms with Gasteiger partial charge in [-0.2, -0.15) is 0 Å². The Bertz CT molecular complexity index is 702. The van der Waals surface area contributed by atoms with Gasteiger partial charge in [-0.15, -0.1) is 0 Å². The van der Waals surface area contributed by atoms with Gasteiger partial charge in [0.15, 0.2) is 0 Å². The number of anilines is 1. The zero-order valence-electron chi connectivity index (χ0n) is 11.7. The van der Waals surface area contributed by atoms with E-state index in [0.29, 0.717) is 17.3 Å². The van der Waals surface area contributed by atoms with Crippen molar-refractivity contribution in [1.29, 1.82) is 0 Å². The molecule has 0 spiro atoms. The number of nitrogens with zero attached hydrogens (tertiary/aromatic N) is 3. The molecule has 0 bridgehead atoms. The molecular weight excluding hydrogens is 274 g/mol. The number of nitro groups is 1. The second kappa shape index (κ2) is 5.74. The minimum atomic E-state index is -0.883. The quantitative estimate of drug-likeness (QED) is 0.670. The smallest absolute Gasteiger partial charge is 0.308 e. The molecule has 0 amide bonds. The molecule has 1 aromatic heterocycles. The predicted molar refractivity (Wildman–Crippen MR) is 78.5 cm³/mol. The van der Waals surface area contributed by atoms with E-state index in [0.717, 1.165) is 5.69 Å². The molecule has 1 aromatic carbocycles. The number of carboxylic acid groups (broad SMARTS) is 1. The van der Waals surface area contributed by atoms with Crippen LogP contribution in [0.4, 0.5) is 11.4 Å². The monoisotopic (exact) mass is 289 g/mol. The lowest BCUT2D eigenvalue weighted by atomic mass is 10.1. The van der Waals surface area contributed by atoms with Crippen molar-refractivity contribution in [2.75, 3.05) is 18.5 Å². The Balaban J connectivity index is 2.48. The fraction of sp³-hybridized carbons (Fsp3) is 0.286. The van der Waals surface area contributed by atoms with Crippen molar-refractivity contribution in [2.24, 2.45) is 5.92 Å². The summed E-state index contributed by atoms with van der Waals surface area (Å²) in [5, 5.41) is 21.2. The Morgan fingerprint density at radius 1 is 1.43 bits per heavy atom. The van der Waals surface area contributed by atoms with Gasteiger partial charge in [0.05, 0.1) is 16.2 Å². The molecular formula is C14H15N3O4. The van der Waals surface area contributed by atoms with Gasteiger partial charge >= 0.3 is 5.97 Å². The van der Waals surface area contributed by atoms with Crippen LogP contribution in [-0.4, -0.2) is 34.6 Å². The molecule has 1 N–H and O–H groups in total. The maximum atomic E-state index is 11.1. The number of aliphatic carboxylic acids is 1. The van der Waals surface area contributed by atoms with Gasteiger partial charge in [-0.3, -0.25) is 19.9 Å². The second-order valence-electron chi connectivity index (χ2n) is 4.90. The standard InChI is InChI=1S/C14H15N3O4/c1-9(14(18)19)8-16(2)12-3-4-13(17(20)21)10-5-6-15-7-11(10)12/h3-7,9H,8H2,1-2H3,(H,18,19). The average Bonchev–Trinajstić information content (AvgIpc) is 2.45. The summed E-state index contributed by atoms with van der Waals surface area (Å²) < 4.78 is 0. The zero-order chi connectivity index (χ0) is 15.6. The van der Waals surface area contributed by atoms with E-state index in [1.54, 1.807) is 37.2 Å². The maximum Gasteiger partial charge on any atom is 0.308 e. The number of rotatable bonds is 5. The van der Waals surface area contributed by atoms with Gasteiger partial charge in [-0.25, -0.2) is 0 Å². The van der Waals surface area contributed by atoms with Gasteiger partial charge in [0, 0.05) is 43.1 Å². The molecule has 7 heteroatoms. The summed E-state index contributed by atoms with van der Waals surface area (Å²) in [5.74, 6) is -1.43. The third-order valence-corrected chi connectivity index (χ3v) is 3.35. The normalized spacial score (nSPS) is 12.1. The topological polar surface area (TPSA) is 96.6 Å². The summed E-state index contributed by atoms with van der Waals surface area (Å²) in [5.41, 5.74) is 0.729. The molecule has 0 aliphatic rings. The van der Waals surface area contributed by atoms with Crippen LogP contribution in [0.25, 0.3) is 10.8 Å². The average molecular weight is 289 g/mol. The first-order chi connectivity index (χ1) is 9.91. The Kier molecular flexibility index (Phi) is 4.02. The fourth-order valence-electron chi connectivity index (χ4n) is 2.24. The summed E-state index contributed by atoms with van der Waals surface area (Å²) in [6.45, 7) is 1.92. The van der Waals surface area contributed by atoms with Crippen molar-refractivity contribution in [3.63, 3.8) is 0 Å². The molecule has 0 saturated heterocycles. The molecule has 110 valence electrons. The molecule has 0 aliphatic heterocycles. The van der Waals surface area contributed by atoms with Crippen LogP contribution in [0.2, 0.25) is 0 Å². The number of carbonyl (C=O) groups is 1. The first-order valence-electron chi connectivity index (χ1n) is 6.37. The molecule has 0 aliphatic carbocycles. The van der Waals surface area contributed by atoms with E-state index >= 15 is 0 Å². The summed E-state index contributed by atoms with van der Waals surface area (Å²) in [7, 11) is 1.76. The summed E-state index contributed by atoms with van der Waals surface area (Å²) >= 11 is 0. The fourth-order valence-corrected chi connectivity index (χ4v) is 2.24. The van der Waals surface area contributed by atoms with E-state index in [2.05, 4.69) is 4.98 Å². The number of pyridine rings is 1. The molecule has 1 heterocycles. The van der Waals surface area contributed by atoms with Crippen LogP contribution in [0.15, 0.2) is 30.6 Å². The van der Waals surface area contributed by atoms with Crippen molar-refractivity contribution < 1.29 is 14.8 Å². The first-order valence-corrected chi connectivity index (χ1v) is 6.37. The molecule has 7 nitrogen and oxygen atoms in total. The highest BCUT2D eigenvalue weighted by molar-refractivity contribution is 5.99. The third-order valence-electron chi connectivity index (χ3n) is 3.35. The molecule has 0 fully saturated rings. The summed E-state index contributed by atoms with van der Waals surface area (Å²) in [6.07, 6.45) is 3.05. The Morgan fingerprint density at radius 2 is 2.14 bits per heavy atom. The van der Waals surface area contributed by atoms with Gasteiger partial charge in [0.2, 0.25) is 0 Å². The molecule has 2 rings (SSSR count). The molecule has 1 unspecified atom stereocenters. The van der Waals surface area contributed by atoms with Crippen molar-refractivity contribution in [3.05, 3.63) is 40.7 Å². The predicted octanol–water partition coefficient (Wildman–Crippen LogP) is 2.30. The minimum absolute atomic E-state index is 0.0100. The number of nitro benzene ring substituents is 1. The number of aromatic nitrogens is 1. The van der Waals surface area contributed by atoms with E-state index in [4.69, 9.17) is 5.11 Å². The highest BCUT2D eigenvalue weighted by Gasteiger charge is 2.19. The number of fused-ring (bicyclic) bond motifs is 1. The number of hydrogen-bond acceptors (Lipinski definition) is 5. The van der Waals surface area contributed by atoms with Crippen LogP contribution in [0.1, 0.15) is 6.92 Å². The number of carboxylic acids is 1. The van der Waals surface area contributed by atoms with Crippen LogP contribution < -0.4 is 4.90 Å². The highest BCUT2D eigenvalue weighted by Crippen LogP contribution is 2.32. The van der Waals surface area contributed by atoms with Crippen LogP contribution in [0.5, 0.6) is 0 Å². The van der Waals surface area contributed by atoms with Gasteiger partial charge in [0.25, 0.3) is 5.69 Å². The Labute approximate surface area is 121 Å². The molecule has 21 heavy (non-hydrogen) atoms. The largest absolute Gasteiger partial charge is 0.481 e. The van der Waals surface area contributed by atoms with Crippen LogP contribution in [0.3, 0.4) is 0 Å². The molecule has 2 aromatic rings. The Morgan fingerprint density at radius 3 is 2.76 bits per heavy atom. The van der Waals surface area contributed by atoms with Gasteiger partial charge in [0.1, 0.15) is 0 Å². The van der Waals surface area contributed by atoms with E-state index in [1.807, 2.05) is 0 Å². The maximum absolute atomic E-state index is 11.1. The number of non-ortho nitro benzene ring substituents is 1. The lowest BCUT2D eigenvalue weighted by molar-refractivity contribution is -0.383. The SMILES string of the molecule is CC(CN(C)c1ccc([N+](=O)[O-])c2ccncc12)C(=O)O. The molecule has 0 radical (unpaired) electrons. The van der Waals surface area contributed by atoms with Crippen molar-refractivity contribution >= 4 is 28.1 Å². The minimum Gasteiger partial charge on any atom is -0.481 e. The van der Waals surface area contributed by atoms with E-state index in [1.165, 1.54) is 12.3 Å². The summed E-state index contributed by atoms with van der Waals surface area (Å²) in [6, 6.07) is 4.64. The molecule has 1 atom stereocenters. The van der Waals surface area contributed by atoms with Gasteiger partial charge in [-0.1, -0.05) is 6.92 Å². The molecule has 0 saturated carbocycles. The van der Waals surface area contributed by atoms with E-state index in [-0.39, 0.29) is 5.69 Å². The summed E-state index contributed by atoms with van der Waals surface area (Å²) in [4.78, 5) is 27.3. The van der Waals surface area contributed by atoms with Crippen molar-refractivity contribution in [3.8, 4) is 0 Å². The van der Waals surface area contributed by atoms with Crippen molar-refractivity contribution in [1.82, 2.24) is 4.98 Å². The number of benzene rings is 1. The van der Waals surface area contributed by atoms with Crippen LogP contribution >= 0.6 is 0 Å². The van der Waals surface area contributed by atoms with E-state index < -0.39 is 16.8 Å². The first kappa shape index (κ1) is 14.7. The van der Waals surface area contributed by atoms with Gasteiger partial charge < -0.3 is 10.0 Å². The van der Waals surface area contributed by atoms with Gasteiger partial charge in [-0.05, 0) is 12.1 Å². The second-order valence-corrected chi connectivity index (χ2v) is 4.90. The van der Waals surface area contributed by atoms with Crippen LogP contribution in [0, 0.1) is 16.0 Å². The van der Waals surface area contributed by atoms with E-state index in [9.17, 15) is 14.9 Å². The lowest BCUT2D eigenvalue weighted by Crippen LogP contribution is -2.28. The Hall–Kier alpha value is -2.70. The highest BCUT2D eigenvalue weighted by atomic mass is 16.6.